The van der Waals surface area contributed by atoms with E-state index in [1.54, 1.807) is 22.9 Å². The van der Waals surface area contributed by atoms with Crippen molar-refractivity contribution < 1.29 is 17.6 Å². The van der Waals surface area contributed by atoms with Gasteiger partial charge in [-0.15, -0.1) is 0 Å². The van der Waals surface area contributed by atoms with Gasteiger partial charge in [-0.1, -0.05) is 12.1 Å². The van der Waals surface area contributed by atoms with Crippen LogP contribution in [0.25, 0.3) is 11.0 Å². The van der Waals surface area contributed by atoms with Crippen molar-refractivity contribution in [3.63, 3.8) is 0 Å². The van der Waals surface area contributed by atoms with E-state index >= 15 is 0 Å². The smallest absolute Gasteiger partial charge is 0.342 e. The van der Waals surface area contributed by atoms with Gasteiger partial charge in [-0.25, -0.2) is 9.37 Å². The van der Waals surface area contributed by atoms with Crippen LogP contribution in [0.15, 0.2) is 48.7 Å². The summed E-state index contributed by atoms with van der Waals surface area (Å²) in [6.07, 6.45) is -2.82. The molecular formula is C15H10F4N2. The molecular weight excluding hydrogens is 284 g/mol. The van der Waals surface area contributed by atoms with E-state index < -0.39 is 11.9 Å². The summed E-state index contributed by atoms with van der Waals surface area (Å²) in [5.74, 6) is -0.346. The Morgan fingerprint density at radius 3 is 2.57 bits per heavy atom. The highest BCUT2D eigenvalue weighted by Crippen LogP contribution is 2.29. The van der Waals surface area contributed by atoms with E-state index in [4.69, 9.17) is 0 Å². The van der Waals surface area contributed by atoms with Gasteiger partial charge in [0.2, 0.25) is 0 Å². The topological polar surface area (TPSA) is 17.8 Å². The van der Waals surface area contributed by atoms with E-state index in [0.717, 1.165) is 11.6 Å². The average Bonchev–Trinajstić information content (AvgIpc) is 2.80. The van der Waals surface area contributed by atoms with Gasteiger partial charge in [0.15, 0.2) is 0 Å². The lowest BCUT2D eigenvalue weighted by Gasteiger charge is -2.08. The molecule has 0 radical (unpaired) electrons. The van der Waals surface area contributed by atoms with Gasteiger partial charge in [0.25, 0.3) is 0 Å². The maximum atomic E-state index is 13.1. The lowest BCUT2D eigenvalue weighted by Crippen LogP contribution is -2.07. The van der Waals surface area contributed by atoms with Crippen LogP contribution in [0.1, 0.15) is 11.3 Å². The van der Waals surface area contributed by atoms with Crippen LogP contribution in [-0.4, -0.2) is 9.55 Å². The molecule has 21 heavy (non-hydrogen) atoms. The fraction of sp³-hybridized carbons (Fsp3) is 0.133. The van der Waals surface area contributed by atoms with Gasteiger partial charge >= 0.3 is 6.18 Å². The number of rotatable bonds is 2. The number of fused-ring (bicyclic) bond motifs is 1. The predicted molar refractivity (Wildman–Crippen MR) is 70.2 cm³/mol. The molecule has 3 aromatic rings. The zero-order chi connectivity index (χ0) is 15.0. The van der Waals surface area contributed by atoms with Crippen molar-refractivity contribution in [2.75, 3.05) is 0 Å². The molecule has 2 heterocycles. The minimum Gasteiger partial charge on any atom is -0.342 e. The molecule has 0 bridgehead atoms. The van der Waals surface area contributed by atoms with Crippen LogP contribution >= 0.6 is 0 Å². The first-order valence-electron chi connectivity index (χ1n) is 6.21. The van der Waals surface area contributed by atoms with E-state index in [1.165, 1.54) is 24.3 Å². The highest BCUT2D eigenvalue weighted by Gasteiger charge is 2.32. The van der Waals surface area contributed by atoms with Crippen LogP contribution in [0.3, 0.4) is 0 Å². The zero-order valence-electron chi connectivity index (χ0n) is 10.7. The number of hydrogen-bond acceptors (Lipinski definition) is 1. The monoisotopic (exact) mass is 294 g/mol. The van der Waals surface area contributed by atoms with Gasteiger partial charge in [-0.3, -0.25) is 0 Å². The summed E-state index contributed by atoms with van der Waals surface area (Å²) < 4.78 is 52.7. The summed E-state index contributed by atoms with van der Waals surface area (Å²) in [7, 11) is 0. The van der Waals surface area contributed by atoms with Crippen LogP contribution in [0, 0.1) is 5.82 Å². The van der Waals surface area contributed by atoms with Crippen molar-refractivity contribution in [3.05, 3.63) is 65.7 Å². The second-order valence-electron chi connectivity index (χ2n) is 4.67. The molecule has 0 aliphatic heterocycles. The molecule has 3 rings (SSSR count). The van der Waals surface area contributed by atoms with Crippen molar-refractivity contribution in [1.29, 1.82) is 0 Å². The third kappa shape index (κ3) is 2.74. The lowest BCUT2D eigenvalue weighted by atomic mass is 10.2. The van der Waals surface area contributed by atoms with Gasteiger partial charge < -0.3 is 4.57 Å². The maximum absolute atomic E-state index is 13.1. The van der Waals surface area contributed by atoms with Gasteiger partial charge in [0, 0.05) is 12.7 Å². The summed E-state index contributed by atoms with van der Waals surface area (Å²) in [6, 6.07) is 9.93. The number of benzene rings is 1. The largest absolute Gasteiger partial charge is 0.433 e. The zero-order valence-corrected chi connectivity index (χ0v) is 10.7. The Labute approximate surface area is 117 Å². The fourth-order valence-corrected chi connectivity index (χ4v) is 2.20. The van der Waals surface area contributed by atoms with Crippen molar-refractivity contribution in [1.82, 2.24) is 9.55 Å². The maximum Gasteiger partial charge on any atom is 0.433 e. The fourth-order valence-electron chi connectivity index (χ4n) is 2.20. The molecule has 0 fully saturated rings. The first kappa shape index (κ1) is 13.6. The molecule has 0 amide bonds. The minimum absolute atomic E-state index is 0.265. The highest BCUT2D eigenvalue weighted by molar-refractivity contribution is 5.76. The summed E-state index contributed by atoms with van der Waals surface area (Å²) >= 11 is 0. The van der Waals surface area contributed by atoms with Crippen LogP contribution in [0.4, 0.5) is 17.6 Å². The minimum atomic E-state index is -4.46. The summed E-state index contributed by atoms with van der Waals surface area (Å²) in [5, 5.41) is 0. The van der Waals surface area contributed by atoms with E-state index in [2.05, 4.69) is 4.98 Å². The molecule has 0 spiro atoms. The number of pyridine rings is 1. The molecule has 0 saturated carbocycles. The Balaban J connectivity index is 1.97. The number of aromatic nitrogens is 2. The van der Waals surface area contributed by atoms with Crippen LogP contribution in [0.2, 0.25) is 0 Å². The summed E-state index contributed by atoms with van der Waals surface area (Å²) in [5.41, 5.74) is 0.652. The van der Waals surface area contributed by atoms with Crippen molar-refractivity contribution in [3.8, 4) is 0 Å². The van der Waals surface area contributed by atoms with Gasteiger partial charge in [0.05, 0.1) is 11.0 Å². The summed E-state index contributed by atoms with van der Waals surface area (Å²) in [6.45, 7) is 0.369. The van der Waals surface area contributed by atoms with E-state index in [-0.39, 0.29) is 11.3 Å². The second kappa shape index (κ2) is 4.87. The molecule has 1 aromatic carbocycles. The average molecular weight is 294 g/mol. The molecule has 0 saturated heterocycles. The first-order valence-corrected chi connectivity index (χ1v) is 6.21. The number of alkyl halides is 3. The van der Waals surface area contributed by atoms with E-state index in [0.29, 0.717) is 12.1 Å². The Morgan fingerprint density at radius 2 is 1.86 bits per heavy atom. The molecule has 2 nitrogen and oxygen atoms in total. The van der Waals surface area contributed by atoms with Gasteiger partial charge in [-0.2, -0.15) is 13.2 Å². The predicted octanol–water partition coefficient (Wildman–Crippen LogP) is 4.24. The molecule has 0 aliphatic carbocycles. The molecule has 108 valence electrons. The van der Waals surface area contributed by atoms with Gasteiger partial charge in [0.1, 0.15) is 11.5 Å². The number of halogens is 4. The van der Waals surface area contributed by atoms with Crippen LogP contribution in [-0.2, 0) is 12.7 Å². The Bertz CT molecular complexity index is 790. The van der Waals surface area contributed by atoms with Crippen LogP contribution < -0.4 is 0 Å². The molecule has 6 heteroatoms. The standard InChI is InChI=1S/C15H10F4N2/c16-11-3-1-2-10(8-11)9-21-7-6-12-13(21)4-5-14(20-12)15(17,18)19/h1-8H,9H2. The van der Waals surface area contributed by atoms with Crippen molar-refractivity contribution in [2.24, 2.45) is 0 Å². The Morgan fingerprint density at radius 1 is 1.05 bits per heavy atom. The normalized spacial score (nSPS) is 12.0. The van der Waals surface area contributed by atoms with E-state index in [1.807, 2.05) is 0 Å². The third-order valence-electron chi connectivity index (χ3n) is 3.16. The first-order chi connectivity index (χ1) is 9.93. The highest BCUT2D eigenvalue weighted by atomic mass is 19.4. The van der Waals surface area contributed by atoms with Crippen molar-refractivity contribution in [2.45, 2.75) is 12.7 Å². The molecule has 0 atom stereocenters. The Kier molecular flexibility index (Phi) is 3.16. The van der Waals surface area contributed by atoms with Crippen molar-refractivity contribution >= 4 is 11.0 Å². The second-order valence-corrected chi connectivity index (χ2v) is 4.67. The number of hydrogen-bond donors (Lipinski definition) is 0. The SMILES string of the molecule is Fc1cccc(Cn2ccc3nc(C(F)(F)F)ccc32)c1. The molecule has 0 N–H and O–H groups in total. The number of nitrogens with zero attached hydrogens (tertiary/aromatic N) is 2. The van der Waals surface area contributed by atoms with E-state index in [9.17, 15) is 17.6 Å². The summed E-state index contributed by atoms with van der Waals surface area (Å²) in [4.78, 5) is 3.61. The molecule has 2 aromatic heterocycles. The van der Waals surface area contributed by atoms with Crippen LogP contribution in [0.5, 0.6) is 0 Å². The molecule has 0 unspecified atom stereocenters. The molecule has 0 aliphatic rings. The van der Waals surface area contributed by atoms with Gasteiger partial charge in [-0.05, 0) is 35.9 Å². The quantitative estimate of drug-likeness (QED) is 0.646. The lowest BCUT2D eigenvalue weighted by molar-refractivity contribution is -0.140. The Hall–Kier alpha value is -2.37. The third-order valence-corrected chi connectivity index (χ3v) is 3.16.